The van der Waals surface area contributed by atoms with E-state index >= 15 is 0 Å². The molecule has 6 heteroatoms. The average Bonchev–Trinajstić information content (AvgIpc) is 2.55. The lowest BCUT2D eigenvalue weighted by Gasteiger charge is -2.11. The quantitative estimate of drug-likeness (QED) is 0.692. The molecular weight excluding hydrogens is 202 g/mol. The molecule has 0 aliphatic rings. The van der Waals surface area contributed by atoms with Gasteiger partial charge < -0.3 is 11.1 Å². The first-order chi connectivity index (χ1) is 6.59. The minimum Gasteiger partial charge on any atom is -0.373 e. The number of nitrogens with two attached hydrogens (primary N) is 1. The van der Waals surface area contributed by atoms with Crippen molar-refractivity contribution >= 4 is 29.0 Å². The summed E-state index contributed by atoms with van der Waals surface area (Å²) in [5, 5.41) is 8.67. The number of anilines is 1. The summed E-state index contributed by atoms with van der Waals surface area (Å²) in [6.45, 7) is 1.65. The Morgan fingerprint density at radius 1 is 1.57 bits per heavy atom. The molecule has 3 amide bonds. The number of rotatable bonds is 3. The van der Waals surface area contributed by atoms with Crippen LogP contribution in [0.1, 0.15) is 6.92 Å². The zero-order valence-corrected chi connectivity index (χ0v) is 8.43. The minimum absolute atomic E-state index is 0.441. The van der Waals surface area contributed by atoms with Crippen molar-refractivity contribution in [2.24, 2.45) is 5.73 Å². The molecule has 1 aromatic rings. The van der Waals surface area contributed by atoms with E-state index in [-0.39, 0.29) is 0 Å². The third-order valence-corrected chi connectivity index (χ3v) is 2.23. The summed E-state index contributed by atoms with van der Waals surface area (Å²) < 4.78 is 0. The molecule has 1 rings (SSSR count). The summed E-state index contributed by atoms with van der Waals surface area (Å²) in [6, 6.07) is 0.518. The second-order valence-electron chi connectivity index (χ2n) is 2.73. The molecule has 1 atom stereocenters. The van der Waals surface area contributed by atoms with Gasteiger partial charge in [-0.3, -0.25) is 10.1 Å². The number of imide groups is 1. The fraction of sp³-hybridized carbons (Fsp3) is 0.250. The Morgan fingerprint density at radius 2 is 2.29 bits per heavy atom. The number of urea groups is 1. The van der Waals surface area contributed by atoms with E-state index in [1.165, 1.54) is 11.3 Å². The standard InChI is InChI=1S/C8H11N3O2S/c1-5(7(12)11-8(9)13)10-6-2-3-14-4-6/h2-5,10H,1H3,(H3,9,11,12,13). The molecule has 0 aromatic carbocycles. The van der Waals surface area contributed by atoms with Gasteiger partial charge in [-0.1, -0.05) is 0 Å². The molecule has 0 fully saturated rings. The summed E-state index contributed by atoms with van der Waals surface area (Å²) >= 11 is 1.52. The monoisotopic (exact) mass is 213 g/mol. The maximum Gasteiger partial charge on any atom is 0.318 e. The van der Waals surface area contributed by atoms with E-state index in [0.717, 1.165) is 5.69 Å². The van der Waals surface area contributed by atoms with Crippen LogP contribution in [0.2, 0.25) is 0 Å². The first kappa shape index (κ1) is 10.5. The molecule has 1 unspecified atom stereocenters. The SMILES string of the molecule is CC(Nc1ccsc1)C(=O)NC(N)=O. The molecule has 0 spiro atoms. The molecule has 0 radical (unpaired) electrons. The Morgan fingerprint density at radius 3 is 2.79 bits per heavy atom. The molecule has 0 aliphatic heterocycles. The van der Waals surface area contributed by atoms with Gasteiger partial charge in [0, 0.05) is 11.1 Å². The second kappa shape index (κ2) is 4.61. The molecule has 14 heavy (non-hydrogen) atoms. The van der Waals surface area contributed by atoms with Crippen molar-refractivity contribution < 1.29 is 9.59 Å². The van der Waals surface area contributed by atoms with Crippen molar-refractivity contribution in [3.05, 3.63) is 16.8 Å². The smallest absolute Gasteiger partial charge is 0.318 e. The van der Waals surface area contributed by atoms with Crippen LogP contribution in [0, 0.1) is 0 Å². The van der Waals surface area contributed by atoms with Crippen LogP contribution in [-0.2, 0) is 4.79 Å². The van der Waals surface area contributed by atoms with Crippen LogP contribution in [0.5, 0.6) is 0 Å². The lowest BCUT2D eigenvalue weighted by Crippen LogP contribution is -2.43. The van der Waals surface area contributed by atoms with E-state index in [4.69, 9.17) is 5.73 Å². The molecule has 0 saturated carbocycles. The predicted octanol–water partition coefficient (Wildman–Crippen LogP) is 0.743. The van der Waals surface area contributed by atoms with E-state index in [1.807, 2.05) is 22.1 Å². The van der Waals surface area contributed by atoms with Crippen molar-refractivity contribution in [1.29, 1.82) is 0 Å². The fourth-order valence-corrected chi connectivity index (χ4v) is 1.49. The third-order valence-electron chi connectivity index (χ3n) is 1.54. The largest absolute Gasteiger partial charge is 0.373 e. The van der Waals surface area contributed by atoms with E-state index < -0.39 is 18.0 Å². The zero-order valence-electron chi connectivity index (χ0n) is 7.61. The normalized spacial score (nSPS) is 11.8. The number of amides is 3. The molecule has 1 aromatic heterocycles. The Bertz CT molecular complexity index is 323. The highest BCUT2D eigenvalue weighted by Gasteiger charge is 2.13. The van der Waals surface area contributed by atoms with Crippen molar-refractivity contribution in [3.63, 3.8) is 0 Å². The van der Waals surface area contributed by atoms with Gasteiger partial charge >= 0.3 is 6.03 Å². The molecule has 5 nitrogen and oxygen atoms in total. The number of thiophene rings is 1. The highest BCUT2D eigenvalue weighted by Crippen LogP contribution is 2.12. The second-order valence-corrected chi connectivity index (χ2v) is 3.51. The molecule has 0 saturated heterocycles. The Balaban J connectivity index is 2.46. The number of carbonyl (C=O) groups excluding carboxylic acids is 2. The van der Waals surface area contributed by atoms with Crippen LogP contribution in [-0.4, -0.2) is 18.0 Å². The highest BCUT2D eigenvalue weighted by molar-refractivity contribution is 7.08. The topological polar surface area (TPSA) is 84.2 Å². The number of carbonyl (C=O) groups is 2. The number of nitrogens with one attached hydrogen (secondary N) is 2. The zero-order chi connectivity index (χ0) is 10.6. The molecular formula is C8H11N3O2S. The summed E-state index contributed by atoms with van der Waals surface area (Å²) in [5.41, 5.74) is 5.66. The summed E-state index contributed by atoms with van der Waals surface area (Å²) in [5.74, 6) is -0.441. The van der Waals surface area contributed by atoms with E-state index in [9.17, 15) is 9.59 Å². The van der Waals surface area contributed by atoms with Crippen LogP contribution < -0.4 is 16.4 Å². The van der Waals surface area contributed by atoms with Crippen molar-refractivity contribution in [2.75, 3.05) is 5.32 Å². The summed E-state index contributed by atoms with van der Waals surface area (Å²) in [4.78, 5) is 21.6. The average molecular weight is 213 g/mol. The Hall–Kier alpha value is -1.56. The van der Waals surface area contributed by atoms with Gasteiger partial charge in [-0.15, -0.1) is 0 Å². The molecule has 0 bridgehead atoms. The van der Waals surface area contributed by atoms with Crippen molar-refractivity contribution in [3.8, 4) is 0 Å². The van der Waals surface area contributed by atoms with Gasteiger partial charge in [0.05, 0.1) is 0 Å². The predicted molar refractivity (Wildman–Crippen MR) is 55.1 cm³/mol. The maximum absolute atomic E-state index is 11.2. The Kier molecular flexibility index (Phi) is 3.47. The van der Waals surface area contributed by atoms with Crippen LogP contribution in [0.15, 0.2) is 16.8 Å². The molecule has 76 valence electrons. The van der Waals surface area contributed by atoms with E-state index in [0.29, 0.717) is 0 Å². The highest BCUT2D eigenvalue weighted by atomic mass is 32.1. The van der Waals surface area contributed by atoms with Gasteiger partial charge in [-0.25, -0.2) is 4.79 Å². The number of primary amides is 1. The van der Waals surface area contributed by atoms with E-state index in [2.05, 4.69) is 5.32 Å². The van der Waals surface area contributed by atoms with Gasteiger partial charge in [0.2, 0.25) is 5.91 Å². The van der Waals surface area contributed by atoms with Gasteiger partial charge in [0.1, 0.15) is 6.04 Å². The molecule has 0 aliphatic carbocycles. The van der Waals surface area contributed by atoms with Crippen LogP contribution in [0.25, 0.3) is 0 Å². The molecule has 4 N–H and O–H groups in total. The maximum atomic E-state index is 11.2. The first-order valence-corrected chi connectivity index (χ1v) is 4.93. The lowest BCUT2D eigenvalue weighted by atomic mass is 10.3. The van der Waals surface area contributed by atoms with Gasteiger partial charge in [0.15, 0.2) is 0 Å². The van der Waals surface area contributed by atoms with Crippen molar-refractivity contribution in [2.45, 2.75) is 13.0 Å². The number of hydrogen-bond donors (Lipinski definition) is 3. The summed E-state index contributed by atoms with van der Waals surface area (Å²) in [7, 11) is 0. The molecule has 1 heterocycles. The van der Waals surface area contributed by atoms with Crippen molar-refractivity contribution in [1.82, 2.24) is 5.32 Å². The number of hydrogen-bond acceptors (Lipinski definition) is 4. The lowest BCUT2D eigenvalue weighted by molar-refractivity contribution is -0.120. The Labute approximate surface area is 85.3 Å². The minimum atomic E-state index is -0.839. The van der Waals surface area contributed by atoms with E-state index in [1.54, 1.807) is 6.92 Å². The van der Waals surface area contributed by atoms with Crippen LogP contribution >= 0.6 is 11.3 Å². The van der Waals surface area contributed by atoms with Crippen LogP contribution in [0.4, 0.5) is 10.5 Å². The first-order valence-electron chi connectivity index (χ1n) is 3.98. The van der Waals surface area contributed by atoms with Gasteiger partial charge in [0.25, 0.3) is 0 Å². The fourth-order valence-electron chi connectivity index (χ4n) is 0.892. The van der Waals surface area contributed by atoms with Gasteiger partial charge in [-0.2, -0.15) is 11.3 Å². The van der Waals surface area contributed by atoms with Crippen LogP contribution in [0.3, 0.4) is 0 Å². The third kappa shape index (κ3) is 3.06. The summed E-state index contributed by atoms with van der Waals surface area (Å²) in [6.07, 6.45) is 0. The van der Waals surface area contributed by atoms with Gasteiger partial charge in [-0.05, 0) is 18.4 Å².